The highest BCUT2D eigenvalue weighted by Gasteiger charge is 2.21. The highest BCUT2D eigenvalue weighted by molar-refractivity contribution is 6.43. The maximum atomic E-state index is 11.8. The molecule has 1 heterocycles. The van der Waals surface area contributed by atoms with E-state index >= 15 is 0 Å². The van der Waals surface area contributed by atoms with Gasteiger partial charge in [-0.1, -0.05) is 15.5 Å². The van der Waals surface area contributed by atoms with E-state index in [1.807, 2.05) is 6.92 Å². The predicted octanol–water partition coefficient (Wildman–Crippen LogP) is 1.77. The van der Waals surface area contributed by atoms with Crippen molar-refractivity contribution in [2.75, 3.05) is 20.8 Å². The molecule has 1 rings (SSSR count). The number of hydrogen-bond donors (Lipinski definition) is 0. The molecule has 0 unspecified atom stereocenters. The number of esters is 1. The highest BCUT2D eigenvalue weighted by Crippen LogP contribution is 2.17. The second kappa shape index (κ2) is 9.93. The lowest BCUT2D eigenvalue weighted by molar-refractivity contribution is -0.132. The van der Waals surface area contributed by atoms with Crippen molar-refractivity contribution in [3.8, 4) is 5.88 Å². The van der Waals surface area contributed by atoms with Crippen molar-refractivity contribution in [3.05, 3.63) is 23.9 Å². The molecule has 0 spiro atoms. The summed E-state index contributed by atoms with van der Waals surface area (Å²) in [6, 6.07) is 3.21. The van der Waals surface area contributed by atoms with E-state index in [2.05, 4.69) is 30.0 Å². The first-order chi connectivity index (χ1) is 11.5. The molecular formula is C15H20N4O5. The summed E-state index contributed by atoms with van der Waals surface area (Å²) in [4.78, 5) is 30.8. The number of nitrogens with zero attached hydrogens (tertiary/aromatic N) is 4. The zero-order valence-corrected chi connectivity index (χ0v) is 14.3. The lowest BCUT2D eigenvalue weighted by Gasteiger charge is -2.07. The zero-order valence-electron chi connectivity index (χ0n) is 14.3. The summed E-state index contributed by atoms with van der Waals surface area (Å²) in [6.07, 6.45) is 1.49. The topological polar surface area (TPSA) is 104 Å². The fourth-order valence-electron chi connectivity index (χ4n) is 1.43. The third-order valence-corrected chi connectivity index (χ3v) is 2.71. The normalized spacial score (nSPS) is 12.6. The Labute approximate surface area is 139 Å². The Kier molecular flexibility index (Phi) is 7.89. The average molecular weight is 336 g/mol. The van der Waals surface area contributed by atoms with Crippen LogP contribution in [-0.2, 0) is 19.2 Å². The van der Waals surface area contributed by atoms with E-state index < -0.39 is 5.97 Å². The van der Waals surface area contributed by atoms with Crippen LogP contribution in [-0.4, -0.2) is 48.9 Å². The van der Waals surface area contributed by atoms with Crippen LogP contribution in [0.3, 0.4) is 0 Å². The zero-order chi connectivity index (χ0) is 17.9. The minimum absolute atomic E-state index is 0.0715. The van der Waals surface area contributed by atoms with Crippen LogP contribution in [0.15, 0.2) is 33.8 Å². The molecule has 9 heteroatoms. The van der Waals surface area contributed by atoms with Gasteiger partial charge in [-0.05, 0) is 32.9 Å². The smallest absolute Gasteiger partial charge is 0.360 e. The lowest BCUT2D eigenvalue weighted by Crippen LogP contribution is -2.19. The molecule has 130 valence electrons. The largest absolute Gasteiger partial charge is 0.464 e. The van der Waals surface area contributed by atoms with Crippen LogP contribution >= 0.6 is 0 Å². The van der Waals surface area contributed by atoms with Crippen LogP contribution in [0, 0.1) is 0 Å². The molecule has 0 saturated carbocycles. The molecule has 0 atom stereocenters. The summed E-state index contributed by atoms with van der Waals surface area (Å²) in [7, 11) is 2.55. The number of oxime groups is 3. The Hall–Kier alpha value is -2.97. The summed E-state index contributed by atoms with van der Waals surface area (Å²) in [5, 5.41) is 11.4. The van der Waals surface area contributed by atoms with Crippen molar-refractivity contribution < 1.29 is 24.0 Å². The summed E-state index contributed by atoms with van der Waals surface area (Å²) >= 11 is 0. The molecule has 1 aromatic heterocycles. The fraction of sp³-hybridized carbons (Fsp3) is 0.400. The molecule has 1 aromatic rings. The van der Waals surface area contributed by atoms with Gasteiger partial charge in [0.25, 0.3) is 5.88 Å². The molecule has 0 fully saturated rings. The van der Waals surface area contributed by atoms with Gasteiger partial charge in [-0.2, -0.15) is 0 Å². The Balaban J connectivity index is 3.10. The van der Waals surface area contributed by atoms with Crippen LogP contribution in [0.2, 0.25) is 0 Å². The molecular weight excluding hydrogens is 316 g/mol. The molecule has 0 aromatic carbocycles. The van der Waals surface area contributed by atoms with Crippen LogP contribution in [0.1, 0.15) is 26.3 Å². The van der Waals surface area contributed by atoms with E-state index in [1.54, 1.807) is 26.0 Å². The predicted molar refractivity (Wildman–Crippen MR) is 88.3 cm³/mol. The van der Waals surface area contributed by atoms with Gasteiger partial charge in [-0.3, -0.25) is 0 Å². The molecule has 0 radical (unpaired) electrons. The van der Waals surface area contributed by atoms with Gasteiger partial charge in [0.05, 0.1) is 12.7 Å². The Morgan fingerprint density at radius 1 is 1.17 bits per heavy atom. The van der Waals surface area contributed by atoms with Gasteiger partial charge in [0.2, 0.25) is 0 Å². The molecule has 0 aliphatic heterocycles. The van der Waals surface area contributed by atoms with E-state index in [0.29, 0.717) is 18.0 Å². The molecule has 0 N–H and O–H groups in total. The van der Waals surface area contributed by atoms with E-state index in [1.165, 1.54) is 20.4 Å². The number of aromatic nitrogens is 1. The van der Waals surface area contributed by atoms with Crippen molar-refractivity contribution in [2.45, 2.75) is 20.8 Å². The van der Waals surface area contributed by atoms with Crippen molar-refractivity contribution in [1.29, 1.82) is 0 Å². The molecule has 0 saturated heterocycles. The molecule has 0 bridgehead atoms. The molecule has 9 nitrogen and oxygen atoms in total. The van der Waals surface area contributed by atoms with Crippen molar-refractivity contribution in [3.63, 3.8) is 0 Å². The van der Waals surface area contributed by atoms with Gasteiger partial charge in [0.15, 0.2) is 5.71 Å². The van der Waals surface area contributed by atoms with Gasteiger partial charge in [0, 0.05) is 6.20 Å². The summed E-state index contributed by atoms with van der Waals surface area (Å²) in [6.45, 7) is 5.70. The number of pyridine rings is 1. The minimum Gasteiger partial charge on any atom is -0.464 e. The van der Waals surface area contributed by atoms with E-state index in [4.69, 9.17) is 9.68 Å². The first-order valence-electron chi connectivity index (χ1n) is 7.08. The van der Waals surface area contributed by atoms with E-state index in [0.717, 1.165) is 0 Å². The lowest BCUT2D eigenvalue weighted by atomic mass is 10.1. The standard InChI is InChI=1S/C15H20N4O5/c1-6-23-17-10(2)11(3)18-24-14-12(8-7-9-16-14)13(19-22-5)15(20)21-4/h7-9H,6H2,1-5H3/b17-10+,18-11+,19-13-. The Bertz CT molecular complexity index is 655. The SMILES string of the molecule is CCO/N=C(C)/C(C)=N/Oc1ncccc1/C(=N/OC)C(=O)OC. The first kappa shape index (κ1) is 19.1. The Morgan fingerprint density at radius 3 is 2.50 bits per heavy atom. The maximum absolute atomic E-state index is 11.8. The summed E-state index contributed by atoms with van der Waals surface area (Å²) in [5.74, 6) is -0.619. The van der Waals surface area contributed by atoms with Crippen molar-refractivity contribution in [1.82, 2.24) is 4.98 Å². The van der Waals surface area contributed by atoms with Crippen LogP contribution in [0.25, 0.3) is 0 Å². The summed E-state index contributed by atoms with van der Waals surface area (Å²) < 4.78 is 4.68. The number of carbonyl (C=O) groups is 1. The maximum Gasteiger partial charge on any atom is 0.360 e. The van der Waals surface area contributed by atoms with Gasteiger partial charge >= 0.3 is 5.97 Å². The molecule has 0 amide bonds. The second-order valence-electron chi connectivity index (χ2n) is 4.33. The van der Waals surface area contributed by atoms with Crippen LogP contribution in [0.5, 0.6) is 5.88 Å². The molecule has 0 aliphatic rings. The molecule has 24 heavy (non-hydrogen) atoms. The highest BCUT2D eigenvalue weighted by atomic mass is 16.6. The van der Waals surface area contributed by atoms with Gasteiger partial charge < -0.3 is 19.2 Å². The second-order valence-corrected chi connectivity index (χ2v) is 4.33. The van der Waals surface area contributed by atoms with E-state index in [9.17, 15) is 4.79 Å². The number of carbonyl (C=O) groups excluding carboxylic acids is 1. The Morgan fingerprint density at radius 2 is 1.88 bits per heavy atom. The van der Waals surface area contributed by atoms with E-state index in [-0.39, 0.29) is 17.2 Å². The minimum atomic E-state index is -0.690. The van der Waals surface area contributed by atoms with Gasteiger partial charge in [-0.25, -0.2) is 9.78 Å². The van der Waals surface area contributed by atoms with Crippen molar-refractivity contribution >= 4 is 23.1 Å². The number of methoxy groups -OCH3 is 1. The summed E-state index contributed by atoms with van der Waals surface area (Å²) in [5.41, 5.74) is 1.23. The van der Waals surface area contributed by atoms with Gasteiger partial charge in [-0.15, -0.1) is 0 Å². The third kappa shape index (κ3) is 5.34. The van der Waals surface area contributed by atoms with Crippen LogP contribution in [0.4, 0.5) is 0 Å². The first-order valence-corrected chi connectivity index (χ1v) is 7.08. The number of rotatable bonds is 8. The molecule has 0 aliphatic carbocycles. The van der Waals surface area contributed by atoms with Crippen molar-refractivity contribution in [2.24, 2.45) is 15.5 Å². The third-order valence-electron chi connectivity index (χ3n) is 2.71. The average Bonchev–Trinajstić information content (AvgIpc) is 2.61. The fourth-order valence-corrected chi connectivity index (χ4v) is 1.43. The number of ether oxygens (including phenoxy) is 1. The van der Waals surface area contributed by atoms with Crippen LogP contribution < -0.4 is 4.84 Å². The quantitative estimate of drug-likeness (QED) is 0.407. The monoisotopic (exact) mass is 336 g/mol. The number of hydrogen-bond acceptors (Lipinski definition) is 9. The van der Waals surface area contributed by atoms with Gasteiger partial charge in [0.1, 0.15) is 25.1 Å².